The molecule has 23 heavy (non-hydrogen) atoms. The van der Waals surface area contributed by atoms with E-state index in [0.717, 1.165) is 25.2 Å². The number of piperidine rings is 1. The summed E-state index contributed by atoms with van der Waals surface area (Å²) in [5.41, 5.74) is 1.81. The minimum absolute atomic E-state index is 0.000992. The molecule has 0 spiro atoms. The van der Waals surface area contributed by atoms with Gasteiger partial charge < -0.3 is 14.9 Å². The quantitative estimate of drug-likeness (QED) is 0.876. The summed E-state index contributed by atoms with van der Waals surface area (Å²) in [7, 11) is 0. The number of benzene rings is 1. The lowest BCUT2D eigenvalue weighted by atomic mass is 9.96. The van der Waals surface area contributed by atoms with Gasteiger partial charge in [0.15, 0.2) is 0 Å². The number of likely N-dealkylation sites (tertiary alicyclic amines) is 1. The van der Waals surface area contributed by atoms with Crippen molar-refractivity contribution >= 4 is 17.6 Å². The second-order valence-electron chi connectivity index (χ2n) is 6.03. The average Bonchev–Trinajstić information content (AvgIpc) is 2.59. The first kappa shape index (κ1) is 17.3. The molecule has 0 atom stereocenters. The summed E-state index contributed by atoms with van der Waals surface area (Å²) in [4.78, 5) is 27.5. The van der Waals surface area contributed by atoms with Gasteiger partial charge in [-0.15, -0.1) is 0 Å². The number of carboxylic acid groups (broad SMARTS) is 1. The topological polar surface area (TPSA) is 60.9 Å². The Bertz CT molecular complexity index is 534. The van der Waals surface area contributed by atoms with Crippen LogP contribution in [0.25, 0.3) is 0 Å². The Morgan fingerprint density at radius 1 is 1.17 bits per heavy atom. The van der Waals surface area contributed by atoms with Crippen LogP contribution in [0.2, 0.25) is 0 Å². The third-order valence-electron chi connectivity index (χ3n) is 4.49. The molecule has 0 radical (unpaired) electrons. The molecule has 1 aliphatic rings. The second kappa shape index (κ2) is 7.99. The molecule has 126 valence electrons. The first-order chi connectivity index (χ1) is 11.1. The van der Waals surface area contributed by atoms with E-state index in [1.165, 1.54) is 0 Å². The van der Waals surface area contributed by atoms with Gasteiger partial charge in [0.2, 0.25) is 0 Å². The minimum atomic E-state index is -0.753. The maximum atomic E-state index is 12.5. The summed E-state index contributed by atoms with van der Waals surface area (Å²) < 4.78 is 0. The maximum Gasteiger partial charge on any atom is 0.306 e. The molecule has 1 N–H and O–H groups in total. The number of amides is 1. The molecule has 1 aromatic rings. The minimum Gasteiger partial charge on any atom is -0.481 e. The number of nitrogens with zero attached hydrogens (tertiary/aromatic N) is 2. The first-order valence-electron chi connectivity index (χ1n) is 8.43. The van der Waals surface area contributed by atoms with Crippen LogP contribution in [0.1, 0.15) is 43.5 Å². The molecule has 1 aromatic carbocycles. The van der Waals surface area contributed by atoms with Gasteiger partial charge in [0.1, 0.15) is 0 Å². The van der Waals surface area contributed by atoms with Gasteiger partial charge in [-0.2, -0.15) is 0 Å². The SMILES string of the molecule is CCCN(CC)c1ccc(C(=O)N2CCC(C(=O)O)CC2)cc1. The molecule has 2 rings (SSSR count). The summed E-state index contributed by atoms with van der Waals surface area (Å²) in [5, 5.41) is 9.02. The zero-order valence-corrected chi connectivity index (χ0v) is 14.0. The molecule has 0 unspecified atom stereocenters. The second-order valence-corrected chi connectivity index (χ2v) is 6.03. The fourth-order valence-corrected chi connectivity index (χ4v) is 3.07. The summed E-state index contributed by atoms with van der Waals surface area (Å²) in [5.74, 6) is -1.07. The van der Waals surface area contributed by atoms with E-state index in [9.17, 15) is 9.59 Å². The van der Waals surface area contributed by atoms with E-state index in [2.05, 4.69) is 18.7 Å². The number of hydrogen-bond donors (Lipinski definition) is 1. The van der Waals surface area contributed by atoms with Crippen LogP contribution in [-0.2, 0) is 4.79 Å². The average molecular weight is 318 g/mol. The van der Waals surface area contributed by atoms with E-state index < -0.39 is 5.97 Å². The Morgan fingerprint density at radius 3 is 2.26 bits per heavy atom. The number of carboxylic acids is 1. The maximum absolute atomic E-state index is 12.5. The summed E-state index contributed by atoms with van der Waals surface area (Å²) in [6, 6.07) is 7.74. The van der Waals surface area contributed by atoms with Gasteiger partial charge in [0, 0.05) is 37.4 Å². The molecule has 0 bridgehead atoms. The third-order valence-corrected chi connectivity index (χ3v) is 4.49. The zero-order chi connectivity index (χ0) is 16.8. The Balaban J connectivity index is 1.99. The number of rotatable bonds is 6. The molecule has 0 aliphatic carbocycles. The standard InChI is InChI=1S/C18H26N2O3/c1-3-11-19(4-2)16-7-5-14(6-8-16)17(21)20-12-9-15(10-13-20)18(22)23/h5-8,15H,3-4,9-13H2,1-2H3,(H,22,23). The van der Waals surface area contributed by atoms with Crippen LogP contribution >= 0.6 is 0 Å². The van der Waals surface area contributed by atoms with Crippen LogP contribution < -0.4 is 4.90 Å². The molecular weight excluding hydrogens is 292 g/mol. The molecule has 1 amide bonds. The van der Waals surface area contributed by atoms with E-state index in [4.69, 9.17) is 5.11 Å². The van der Waals surface area contributed by atoms with Crippen molar-refractivity contribution < 1.29 is 14.7 Å². The lowest BCUT2D eigenvalue weighted by Crippen LogP contribution is -2.40. The van der Waals surface area contributed by atoms with Gasteiger partial charge in [-0.25, -0.2) is 0 Å². The molecule has 5 heteroatoms. The van der Waals surface area contributed by atoms with Gasteiger partial charge in [0.25, 0.3) is 5.91 Å². The van der Waals surface area contributed by atoms with Crippen molar-refractivity contribution in [3.63, 3.8) is 0 Å². The van der Waals surface area contributed by atoms with E-state index in [0.29, 0.717) is 31.5 Å². The smallest absolute Gasteiger partial charge is 0.306 e. The van der Waals surface area contributed by atoms with Crippen molar-refractivity contribution in [2.24, 2.45) is 5.92 Å². The van der Waals surface area contributed by atoms with Crippen LogP contribution in [0.3, 0.4) is 0 Å². The van der Waals surface area contributed by atoms with E-state index >= 15 is 0 Å². The Labute approximate surface area is 137 Å². The third kappa shape index (κ3) is 4.24. The van der Waals surface area contributed by atoms with E-state index in [1.807, 2.05) is 24.3 Å². The summed E-state index contributed by atoms with van der Waals surface area (Å²) >= 11 is 0. The lowest BCUT2D eigenvalue weighted by molar-refractivity contribution is -0.143. The number of carbonyl (C=O) groups excluding carboxylic acids is 1. The van der Waals surface area contributed by atoms with Gasteiger partial charge in [0.05, 0.1) is 5.92 Å². The molecule has 5 nitrogen and oxygen atoms in total. The largest absolute Gasteiger partial charge is 0.481 e. The van der Waals surface area contributed by atoms with Gasteiger partial charge in [-0.1, -0.05) is 6.92 Å². The van der Waals surface area contributed by atoms with Crippen LogP contribution in [0.15, 0.2) is 24.3 Å². The monoisotopic (exact) mass is 318 g/mol. The van der Waals surface area contributed by atoms with E-state index in [-0.39, 0.29) is 11.8 Å². The Kier molecular flexibility index (Phi) is 6.02. The highest BCUT2D eigenvalue weighted by atomic mass is 16.4. The van der Waals surface area contributed by atoms with Crippen molar-refractivity contribution in [3.8, 4) is 0 Å². The number of carbonyl (C=O) groups is 2. The van der Waals surface area contributed by atoms with Gasteiger partial charge in [-0.3, -0.25) is 9.59 Å². The van der Waals surface area contributed by atoms with Crippen LogP contribution in [0, 0.1) is 5.92 Å². The van der Waals surface area contributed by atoms with Crippen molar-refractivity contribution in [2.75, 3.05) is 31.1 Å². The number of anilines is 1. The Morgan fingerprint density at radius 2 is 1.78 bits per heavy atom. The Hall–Kier alpha value is -2.04. The molecule has 1 heterocycles. The summed E-state index contributed by atoms with van der Waals surface area (Å²) in [6.07, 6.45) is 2.17. The highest BCUT2D eigenvalue weighted by Crippen LogP contribution is 2.21. The number of hydrogen-bond acceptors (Lipinski definition) is 3. The van der Waals surface area contributed by atoms with Crippen molar-refractivity contribution in [1.29, 1.82) is 0 Å². The van der Waals surface area contributed by atoms with E-state index in [1.54, 1.807) is 4.90 Å². The fraction of sp³-hybridized carbons (Fsp3) is 0.556. The molecule has 0 aromatic heterocycles. The number of aliphatic carboxylic acids is 1. The predicted octanol–water partition coefficient (Wildman–Crippen LogP) is 2.86. The lowest BCUT2D eigenvalue weighted by Gasteiger charge is -2.30. The molecule has 1 fully saturated rings. The van der Waals surface area contributed by atoms with Crippen molar-refractivity contribution in [1.82, 2.24) is 4.90 Å². The van der Waals surface area contributed by atoms with Gasteiger partial charge in [-0.05, 0) is 50.5 Å². The first-order valence-corrected chi connectivity index (χ1v) is 8.43. The van der Waals surface area contributed by atoms with Crippen LogP contribution in [0.5, 0.6) is 0 Å². The van der Waals surface area contributed by atoms with Crippen LogP contribution in [0.4, 0.5) is 5.69 Å². The van der Waals surface area contributed by atoms with Crippen molar-refractivity contribution in [3.05, 3.63) is 29.8 Å². The highest BCUT2D eigenvalue weighted by molar-refractivity contribution is 5.94. The normalized spacial score (nSPS) is 15.5. The summed E-state index contributed by atoms with van der Waals surface area (Å²) in [6.45, 7) is 7.28. The van der Waals surface area contributed by atoms with Gasteiger partial charge >= 0.3 is 5.97 Å². The molecule has 0 saturated carbocycles. The molecular formula is C18H26N2O3. The van der Waals surface area contributed by atoms with Crippen molar-refractivity contribution in [2.45, 2.75) is 33.1 Å². The molecule has 1 aliphatic heterocycles. The molecule has 1 saturated heterocycles. The highest BCUT2D eigenvalue weighted by Gasteiger charge is 2.27. The predicted molar refractivity (Wildman–Crippen MR) is 90.9 cm³/mol. The fourth-order valence-electron chi connectivity index (χ4n) is 3.07. The van der Waals surface area contributed by atoms with Crippen LogP contribution in [-0.4, -0.2) is 48.1 Å². The zero-order valence-electron chi connectivity index (χ0n) is 14.0.